The number of hydrazone groups is 2. The van der Waals surface area contributed by atoms with Gasteiger partial charge in [0.2, 0.25) is 0 Å². The summed E-state index contributed by atoms with van der Waals surface area (Å²) in [6.07, 6.45) is 6.99. The summed E-state index contributed by atoms with van der Waals surface area (Å²) in [7, 11) is -2.84. The summed E-state index contributed by atoms with van der Waals surface area (Å²) in [5.74, 6) is 0.289. The van der Waals surface area contributed by atoms with Gasteiger partial charge in [0.1, 0.15) is 5.78 Å². The van der Waals surface area contributed by atoms with Crippen molar-refractivity contribution < 1.29 is 4.79 Å². The van der Waals surface area contributed by atoms with Crippen molar-refractivity contribution in [2.75, 3.05) is 13.1 Å². The molecule has 0 unspecified atom stereocenters. The molecule has 3 rings (SSSR count). The zero-order valence-corrected chi connectivity index (χ0v) is 18.5. The van der Waals surface area contributed by atoms with Crippen LogP contribution in [0.15, 0.2) is 10.2 Å². The summed E-state index contributed by atoms with van der Waals surface area (Å²) >= 11 is 0. The maximum absolute atomic E-state index is 12.3. The van der Waals surface area contributed by atoms with Gasteiger partial charge in [0.15, 0.2) is 16.5 Å². The van der Waals surface area contributed by atoms with Crippen LogP contribution < -0.4 is 0 Å². The van der Waals surface area contributed by atoms with E-state index in [2.05, 4.69) is 35.5 Å². The van der Waals surface area contributed by atoms with Crippen molar-refractivity contribution in [2.45, 2.75) is 83.2 Å². The van der Waals surface area contributed by atoms with Crippen LogP contribution in [0.3, 0.4) is 0 Å². The highest BCUT2D eigenvalue weighted by molar-refractivity contribution is 6.75. The third-order valence-electron chi connectivity index (χ3n) is 5.95. The molecule has 140 valence electrons. The number of rotatable bonds is 2. The van der Waals surface area contributed by atoms with E-state index in [1.807, 2.05) is 0 Å². The Morgan fingerprint density at radius 2 is 1.16 bits per heavy atom. The Kier molecular flexibility index (Phi) is 5.53. The first-order chi connectivity index (χ1) is 11.8. The molecule has 7 heteroatoms. The fraction of sp³-hybridized carbons (Fsp3) is 0.833. The maximum atomic E-state index is 12.3. The van der Waals surface area contributed by atoms with Gasteiger partial charge in [-0.3, -0.25) is 4.79 Å². The number of Topliss-reactive ketones (excluding diaryl/α,β-unsaturated/α-hetero) is 1. The van der Waals surface area contributed by atoms with Gasteiger partial charge in [0.25, 0.3) is 0 Å². The lowest BCUT2D eigenvalue weighted by Gasteiger charge is -2.40. The van der Waals surface area contributed by atoms with Crippen molar-refractivity contribution in [3.63, 3.8) is 0 Å². The second kappa shape index (κ2) is 7.35. The number of ketones is 1. The van der Waals surface area contributed by atoms with Gasteiger partial charge in [0.05, 0.1) is 11.4 Å². The van der Waals surface area contributed by atoms with Gasteiger partial charge in [-0.25, -0.2) is 0 Å². The van der Waals surface area contributed by atoms with Crippen LogP contribution in [-0.2, 0) is 4.79 Å². The molecule has 2 heterocycles. The summed E-state index contributed by atoms with van der Waals surface area (Å²) in [5, 5.41) is 9.96. The molecule has 2 aliphatic heterocycles. The van der Waals surface area contributed by atoms with Gasteiger partial charge in [-0.2, -0.15) is 10.2 Å². The van der Waals surface area contributed by atoms with E-state index in [0.717, 1.165) is 30.9 Å². The summed E-state index contributed by atoms with van der Waals surface area (Å²) in [5.41, 5.74) is 2.10. The third-order valence-corrected chi connectivity index (χ3v) is 12.5. The molecule has 0 aromatic rings. The second-order valence-electron chi connectivity index (χ2n) is 9.19. The van der Waals surface area contributed by atoms with E-state index in [4.69, 9.17) is 10.2 Å². The van der Waals surface area contributed by atoms with Crippen molar-refractivity contribution in [1.29, 1.82) is 0 Å². The average molecular weight is 379 g/mol. The number of hydrogen-bond donors (Lipinski definition) is 0. The van der Waals surface area contributed by atoms with E-state index in [9.17, 15) is 4.79 Å². The van der Waals surface area contributed by atoms with Crippen LogP contribution in [0.2, 0.25) is 38.3 Å². The summed E-state index contributed by atoms with van der Waals surface area (Å²) in [6.45, 7) is 11.7. The number of carbonyl (C=O) groups is 1. The SMILES string of the molecule is C[Si]1(C)CCCCN1N=C1CC(=O)CC(=NN2CCCC[Si]2(C)C)C1. The van der Waals surface area contributed by atoms with Gasteiger partial charge >= 0.3 is 0 Å². The summed E-state index contributed by atoms with van der Waals surface area (Å²) in [4.78, 5) is 12.3. The van der Waals surface area contributed by atoms with Crippen molar-refractivity contribution in [1.82, 2.24) is 9.35 Å². The van der Waals surface area contributed by atoms with E-state index in [-0.39, 0.29) is 5.78 Å². The lowest BCUT2D eigenvalue weighted by molar-refractivity contribution is -0.117. The molecule has 0 N–H and O–H groups in total. The van der Waals surface area contributed by atoms with Crippen LogP contribution in [-0.4, -0.2) is 56.1 Å². The fourth-order valence-electron chi connectivity index (χ4n) is 4.23. The Labute approximate surface area is 154 Å². The molecule has 2 saturated heterocycles. The Morgan fingerprint density at radius 1 is 0.720 bits per heavy atom. The van der Waals surface area contributed by atoms with E-state index in [1.165, 1.54) is 37.8 Å². The van der Waals surface area contributed by atoms with Crippen LogP contribution in [0.4, 0.5) is 0 Å². The normalized spacial score (nSPS) is 30.2. The van der Waals surface area contributed by atoms with Gasteiger partial charge in [-0.05, 0) is 24.9 Å². The van der Waals surface area contributed by atoms with Crippen molar-refractivity contribution in [2.24, 2.45) is 10.2 Å². The zero-order valence-electron chi connectivity index (χ0n) is 16.5. The van der Waals surface area contributed by atoms with Crippen LogP contribution >= 0.6 is 0 Å². The molecule has 1 saturated carbocycles. The Bertz CT molecular complexity index is 538. The lowest BCUT2D eigenvalue weighted by Crippen LogP contribution is -2.50. The topological polar surface area (TPSA) is 48.3 Å². The molecule has 5 nitrogen and oxygen atoms in total. The standard InChI is InChI=1S/C18H34N4OSi2/c1-24(2)11-7-5-9-21(24)19-16-13-17(15-18(23)14-16)20-22-10-6-8-12-25(22,3)4/h5-15H2,1-4H3. The molecule has 0 aromatic carbocycles. The lowest BCUT2D eigenvalue weighted by atomic mass is 9.95. The molecular formula is C18H34N4OSi2. The summed E-state index contributed by atoms with van der Waals surface area (Å²) in [6, 6.07) is 2.62. The van der Waals surface area contributed by atoms with Gasteiger partial charge in [0, 0.05) is 32.4 Å². The first kappa shape index (κ1) is 18.8. The Balaban J connectivity index is 1.76. The molecule has 0 bridgehead atoms. The van der Waals surface area contributed by atoms with E-state index >= 15 is 0 Å². The third kappa shape index (κ3) is 4.61. The average Bonchev–Trinajstić information content (AvgIpc) is 2.51. The van der Waals surface area contributed by atoms with Crippen LogP contribution in [0.5, 0.6) is 0 Å². The zero-order chi connectivity index (χ0) is 18.1. The minimum absolute atomic E-state index is 0.289. The Hall–Kier alpha value is -0.956. The van der Waals surface area contributed by atoms with Crippen molar-refractivity contribution >= 4 is 33.7 Å². The highest BCUT2D eigenvalue weighted by Gasteiger charge is 2.34. The van der Waals surface area contributed by atoms with E-state index in [0.29, 0.717) is 12.8 Å². The molecular weight excluding hydrogens is 344 g/mol. The quantitative estimate of drug-likeness (QED) is 0.681. The number of carbonyl (C=O) groups excluding carboxylic acids is 1. The van der Waals surface area contributed by atoms with Crippen LogP contribution in [0.25, 0.3) is 0 Å². The molecule has 1 aliphatic carbocycles. The number of hydrogen-bond acceptors (Lipinski definition) is 5. The predicted octanol–water partition coefficient (Wildman–Crippen LogP) is 4.05. The molecule has 0 aromatic heterocycles. The monoisotopic (exact) mass is 378 g/mol. The molecule has 3 fully saturated rings. The largest absolute Gasteiger partial charge is 0.324 e. The fourth-order valence-corrected chi connectivity index (χ4v) is 9.33. The van der Waals surface area contributed by atoms with Gasteiger partial charge < -0.3 is 9.35 Å². The second-order valence-corrected chi connectivity index (χ2v) is 18.5. The van der Waals surface area contributed by atoms with Crippen LogP contribution in [0.1, 0.15) is 44.9 Å². The smallest absolute Gasteiger partial charge is 0.172 e. The first-order valence-electron chi connectivity index (χ1n) is 9.96. The van der Waals surface area contributed by atoms with Crippen molar-refractivity contribution in [3.05, 3.63) is 0 Å². The van der Waals surface area contributed by atoms with Crippen molar-refractivity contribution in [3.8, 4) is 0 Å². The summed E-state index contributed by atoms with van der Waals surface area (Å²) < 4.78 is 4.73. The highest BCUT2D eigenvalue weighted by Crippen LogP contribution is 2.28. The highest BCUT2D eigenvalue weighted by atomic mass is 28.3. The predicted molar refractivity (Wildman–Crippen MR) is 110 cm³/mol. The minimum Gasteiger partial charge on any atom is -0.324 e. The molecule has 0 spiro atoms. The molecule has 25 heavy (non-hydrogen) atoms. The van der Waals surface area contributed by atoms with E-state index in [1.54, 1.807) is 0 Å². The Morgan fingerprint density at radius 3 is 1.56 bits per heavy atom. The molecule has 0 amide bonds. The van der Waals surface area contributed by atoms with Crippen LogP contribution in [0, 0.1) is 0 Å². The maximum Gasteiger partial charge on any atom is 0.172 e. The number of nitrogens with zero attached hydrogens (tertiary/aromatic N) is 4. The first-order valence-corrected chi connectivity index (χ1v) is 16.3. The van der Waals surface area contributed by atoms with Gasteiger partial charge in [-0.15, -0.1) is 0 Å². The van der Waals surface area contributed by atoms with Gasteiger partial charge in [-0.1, -0.05) is 39.0 Å². The molecule has 0 atom stereocenters. The van der Waals surface area contributed by atoms with E-state index < -0.39 is 16.5 Å². The molecule has 0 radical (unpaired) electrons. The molecule has 3 aliphatic rings. The minimum atomic E-state index is -1.42.